The number of imidazole rings is 1. The molecule has 8 nitrogen and oxygen atoms in total. The van der Waals surface area contributed by atoms with Crippen LogP contribution in [0.2, 0.25) is 0 Å². The lowest BCUT2D eigenvalue weighted by molar-refractivity contribution is 0.584. The van der Waals surface area contributed by atoms with Crippen LogP contribution in [0.25, 0.3) is 16.9 Å². The topological polar surface area (TPSA) is 85.4 Å². The van der Waals surface area contributed by atoms with Crippen molar-refractivity contribution in [3.63, 3.8) is 0 Å². The zero-order valence-electron chi connectivity index (χ0n) is 19.2. The highest BCUT2D eigenvalue weighted by atomic mass is 19.1. The van der Waals surface area contributed by atoms with Crippen LogP contribution >= 0.6 is 0 Å². The summed E-state index contributed by atoms with van der Waals surface area (Å²) in [5.41, 5.74) is 3.17. The van der Waals surface area contributed by atoms with E-state index in [1.165, 1.54) is 12.1 Å². The molecule has 1 aliphatic rings. The quantitative estimate of drug-likeness (QED) is 0.492. The second-order valence-electron chi connectivity index (χ2n) is 8.19. The number of halogens is 1. The number of aromatic nitrogens is 4. The van der Waals surface area contributed by atoms with Crippen molar-refractivity contribution in [3.8, 4) is 17.3 Å². The van der Waals surface area contributed by atoms with E-state index in [0.29, 0.717) is 17.1 Å². The number of nitrogens with one attached hydrogen (secondary N) is 1. The highest BCUT2D eigenvalue weighted by molar-refractivity contribution is 5.71. The Hall–Kier alpha value is -4.03. The largest absolute Gasteiger partial charge is 0.353 e. The summed E-state index contributed by atoms with van der Waals surface area (Å²) in [4.78, 5) is 18.5. The Morgan fingerprint density at radius 2 is 2.00 bits per heavy atom. The van der Waals surface area contributed by atoms with Gasteiger partial charge in [-0.25, -0.2) is 19.3 Å². The first-order valence-corrected chi connectivity index (χ1v) is 11.3. The summed E-state index contributed by atoms with van der Waals surface area (Å²) in [6.45, 7) is 5.75. The maximum atomic E-state index is 13.6. The average molecular weight is 457 g/mol. The Labute approximate surface area is 197 Å². The fourth-order valence-electron chi connectivity index (χ4n) is 4.33. The molecule has 1 aliphatic heterocycles. The first kappa shape index (κ1) is 21.8. The van der Waals surface area contributed by atoms with Gasteiger partial charge in [-0.15, -0.1) is 0 Å². The number of nitrogens with zero attached hydrogens (tertiary/aromatic N) is 7. The van der Waals surface area contributed by atoms with Crippen LogP contribution in [0.1, 0.15) is 18.2 Å². The summed E-state index contributed by atoms with van der Waals surface area (Å²) in [7, 11) is 1.95. The maximum Gasteiger partial charge on any atom is 0.157 e. The highest BCUT2D eigenvalue weighted by Crippen LogP contribution is 2.31. The highest BCUT2D eigenvalue weighted by Gasteiger charge is 2.20. The Kier molecular flexibility index (Phi) is 5.82. The SMILES string of the molecule is CCc1nc2cnc(N3CCNCC3)cn2c1N(C)c1cccc(-c2ccc(F)cc2C#N)n1. The number of anilines is 3. The first-order chi connectivity index (χ1) is 16.6. The molecule has 0 atom stereocenters. The number of aryl methyl sites for hydroxylation is 1. The Morgan fingerprint density at radius 1 is 1.18 bits per heavy atom. The van der Waals surface area contributed by atoms with E-state index in [1.54, 1.807) is 6.07 Å². The van der Waals surface area contributed by atoms with Gasteiger partial charge in [0.05, 0.1) is 35.4 Å². The van der Waals surface area contributed by atoms with Crippen molar-refractivity contribution in [2.45, 2.75) is 13.3 Å². The molecule has 172 valence electrons. The monoisotopic (exact) mass is 456 g/mol. The van der Waals surface area contributed by atoms with E-state index in [1.807, 2.05) is 42.5 Å². The minimum Gasteiger partial charge on any atom is -0.353 e. The molecule has 3 aromatic heterocycles. The van der Waals surface area contributed by atoms with Crippen LogP contribution < -0.4 is 15.1 Å². The van der Waals surface area contributed by atoms with Crippen LogP contribution in [0.15, 0.2) is 48.8 Å². The minimum absolute atomic E-state index is 0.253. The van der Waals surface area contributed by atoms with Gasteiger partial charge in [-0.2, -0.15) is 5.26 Å². The Bertz CT molecular complexity index is 1380. The van der Waals surface area contributed by atoms with Crippen molar-refractivity contribution in [2.24, 2.45) is 0 Å². The fraction of sp³-hybridized carbons (Fsp3) is 0.280. The van der Waals surface area contributed by atoms with E-state index < -0.39 is 5.82 Å². The number of piperazine rings is 1. The third kappa shape index (κ3) is 3.93. The van der Waals surface area contributed by atoms with Gasteiger partial charge < -0.3 is 15.1 Å². The lowest BCUT2D eigenvalue weighted by atomic mass is 10.0. The molecular weight excluding hydrogens is 431 g/mol. The zero-order valence-corrected chi connectivity index (χ0v) is 19.2. The molecule has 0 amide bonds. The van der Waals surface area contributed by atoms with Gasteiger partial charge in [-0.05, 0) is 36.8 Å². The molecule has 0 spiro atoms. The van der Waals surface area contributed by atoms with Gasteiger partial charge in [0.25, 0.3) is 0 Å². The summed E-state index contributed by atoms with van der Waals surface area (Å²) >= 11 is 0. The summed E-state index contributed by atoms with van der Waals surface area (Å²) in [6, 6.07) is 11.9. The zero-order chi connectivity index (χ0) is 23.7. The van der Waals surface area contributed by atoms with Crippen LogP contribution in [-0.4, -0.2) is 52.6 Å². The van der Waals surface area contributed by atoms with Crippen molar-refractivity contribution in [2.75, 3.05) is 43.0 Å². The van der Waals surface area contributed by atoms with Crippen LogP contribution in [0.5, 0.6) is 0 Å². The van der Waals surface area contributed by atoms with E-state index in [-0.39, 0.29) is 5.56 Å². The number of pyridine rings is 1. The molecule has 0 aliphatic carbocycles. The number of hydrogen-bond acceptors (Lipinski definition) is 7. The van der Waals surface area contributed by atoms with Gasteiger partial charge in [-0.3, -0.25) is 4.40 Å². The van der Waals surface area contributed by atoms with E-state index in [0.717, 1.165) is 55.6 Å². The lowest BCUT2D eigenvalue weighted by Gasteiger charge is -2.28. The van der Waals surface area contributed by atoms with Crippen molar-refractivity contribution >= 4 is 23.1 Å². The molecule has 1 fully saturated rings. The van der Waals surface area contributed by atoms with Crippen molar-refractivity contribution in [1.82, 2.24) is 24.7 Å². The Balaban J connectivity index is 1.57. The van der Waals surface area contributed by atoms with Gasteiger partial charge in [0.15, 0.2) is 5.65 Å². The lowest BCUT2D eigenvalue weighted by Crippen LogP contribution is -2.44. The van der Waals surface area contributed by atoms with E-state index >= 15 is 0 Å². The molecule has 4 heterocycles. The molecule has 9 heteroatoms. The molecule has 1 aromatic carbocycles. The maximum absolute atomic E-state index is 13.6. The van der Waals surface area contributed by atoms with Gasteiger partial charge >= 0.3 is 0 Å². The smallest absolute Gasteiger partial charge is 0.157 e. The van der Waals surface area contributed by atoms with E-state index in [9.17, 15) is 9.65 Å². The number of benzene rings is 1. The summed E-state index contributed by atoms with van der Waals surface area (Å²) < 4.78 is 15.7. The van der Waals surface area contributed by atoms with E-state index in [4.69, 9.17) is 9.97 Å². The molecule has 5 rings (SSSR count). The first-order valence-electron chi connectivity index (χ1n) is 11.3. The third-order valence-corrected chi connectivity index (χ3v) is 6.09. The van der Waals surface area contributed by atoms with Gasteiger partial charge in [-0.1, -0.05) is 13.0 Å². The van der Waals surface area contributed by atoms with Crippen molar-refractivity contribution in [3.05, 3.63) is 65.9 Å². The molecule has 1 N–H and O–H groups in total. The van der Waals surface area contributed by atoms with Gasteiger partial charge in [0.2, 0.25) is 0 Å². The Morgan fingerprint density at radius 3 is 2.76 bits per heavy atom. The molecule has 0 bridgehead atoms. The van der Waals surface area contributed by atoms with Crippen molar-refractivity contribution in [1.29, 1.82) is 5.26 Å². The number of rotatable bonds is 5. The second kappa shape index (κ2) is 9.08. The van der Waals surface area contributed by atoms with Gasteiger partial charge in [0, 0.05) is 38.8 Å². The summed E-state index contributed by atoms with van der Waals surface area (Å²) in [5, 5.41) is 12.8. The summed E-state index contributed by atoms with van der Waals surface area (Å²) in [6.07, 6.45) is 4.60. The predicted molar refractivity (Wildman–Crippen MR) is 130 cm³/mol. The molecule has 1 saturated heterocycles. The number of fused-ring (bicyclic) bond motifs is 1. The molecular formula is C25H25FN8. The molecule has 0 saturated carbocycles. The standard InChI is InChI=1S/C25H25FN8/c1-3-20-25(34-16-24(29-15-23(34)30-20)33-11-9-28-10-12-33)32(2)22-6-4-5-21(31-22)19-8-7-18(26)13-17(19)14-27/h4-8,13,15-16,28H,3,9-12H2,1-2H3. The third-order valence-electron chi connectivity index (χ3n) is 6.09. The molecule has 4 aromatic rings. The van der Waals surface area contributed by atoms with E-state index in [2.05, 4.69) is 32.6 Å². The van der Waals surface area contributed by atoms with Crippen LogP contribution in [-0.2, 0) is 6.42 Å². The van der Waals surface area contributed by atoms with Crippen molar-refractivity contribution < 1.29 is 4.39 Å². The van der Waals surface area contributed by atoms with Crippen LogP contribution in [0, 0.1) is 17.1 Å². The average Bonchev–Trinajstić information content (AvgIpc) is 3.26. The van der Waals surface area contributed by atoms with Gasteiger partial charge in [0.1, 0.15) is 23.3 Å². The number of nitriles is 1. The fourth-order valence-corrected chi connectivity index (χ4v) is 4.33. The second-order valence-corrected chi connectivity index (χ2v) is 8.19. The minimum atomic E-state index is -0.444. The summed E-state index contributed by atoms with van der Waals surface area (Å²) in [5.74, 6) is 2.08. The molecule has 0 unspecified atom stereocenters. The predicted octanol–water partition coefficient (Wildman–Crippen LogP) is 3.54. The molecule has 0 radical (unpaired) electrons. The molecule has 34 heavy (non-hydrogen) atoms. The van der Waals surface area contributed by atoms with Crippen LogP contribution in [0.3, 0.4) is 0 Å². The normalized spacial score (nSPS) is 13.8. The van der Waals surface area contributed by atoms with Crippen LogP contribution in [0.4, 0.5) is 21.8 Å². The number of hydrogen-bond donors (Lipinski definition) is 1.